The average molecular weight is 253 g/mol. The SMILES string of the molecule is CC(C)CN(C(=O)c1ccc(F)cc1O)C(C)C. The van der Waals surface area contributed by atoms with Gasteiger partial charge in [-0.3, -0.25) is 4.79 Å². The molecule has 0 atom stereocenters. The summed E-state index contributed by atoms with van der Waals surface area (Å²) in [5, 5.41) is 9.64. The van der Waals surface area contributed by atoms with Gasteiger partial charge in [0.15, 0.2) is 0 Å². The van der Waals surface area contributed by atoms with E-state index in [2.05, 4.69) is 0 Å². The van der Waals surface area contributed by atoms with Gasteiger partial charge in [-0.2, -0.15) is 0 Å². The van der Waals surface area contributed by atoms with Crippen molar-refractivity contribution in [2.75, 3.05) is 6.54 Å². The quantitative estimate of drug-likeness (QED) is 0.896. The average Bonchev–Trinajstić information content (AvgIpc) is 2.24. The lowest BCUT2D eigenvalue weighted by Gasteiger charge is -2.28. The maximum Gasteiger partial charge on any atom is 0.257 e. The summed E-state index contributed by atoms with van der Waals surface area (Å²) in [7, 11) is 0. The molecule has 1 rings (SSSR count). The standard InChI is InChI=1S/C14H20FNO2/c1-9(2)8-16(10(3)4)14(18)12-6-5-11(15)7-13(12)17/h5-7,9-10,17H,8H2,1-4H3. The van der Waals surface area contributed by atoms with Crippen LogP contribution in [-0.4, -0.2) is 28.5 Å². The zero-order valence-corrected chi connectivity index (χ0v) is 11.3. The van der Waals surface area contributed by atoms with Gasteiger partial charge in [0.1, 0.15) is 11.6 Å². The highest BCUT2D eigenvalue weighted by Crippen LogP contribution is 2.21. The molecule has 0 saturated carbocycles. The Morgan fingerprint density at radius 3 is 2.39 bits per heavy atom. The zero-order chi connectivity index (χ0) is 13.9. The van der Waals surface area contributed by atoms with Crippen LogP contribution in [-0.2, 0) is 0 Å². The number of benzene rings is 1. The lowest BCUT2D eigenvalue weighted by atomic mass is 10.1. The smallest absolute Gasteiger partial charge is 0.257 e. The lowest BCUT2D eigenvalue weighted by Crippen LogP contribution is -2.39. The second-order valence-electron chi connectivity index (χ2n) is 5.11. The van der Waals surface area contributed by atoms with Crippen LogP contribution in [0.15, 0.2) is 18.2 Å². The Labute approximate surface area is 107 Å². The van der Waals surface area contributed by atoms with Gasteiger partial charge in [0.25, 0.3) is 5.91 Å². The molecule has 0 spiro atoms. The first-order valence-electron chi connectivity index (χ1n) is 6.12. The van der Waals surface area contributed by atoms with E-state index in [1.54, 1.807) is 4.90 Å². The van der Waals surface area contributed by atoms with E-state index in [0.717, 1.165) is 6.07 Å². The Kier molecular flexibility index (Phi) is 4.70. The molecule has 0 heterocycles. The molecule has 1 N–H and O–H groups in total. The maximum atomic E-state index is 12.9. The van der Waals surface area contributed by atoms with Gasteiger partial charge in [-0.15, -0.1) is 0 Å². The highest BCUT2D eigenvalue weighted by molar-refractivity contribution is 5.97. The van der Waals surface area contributed by atoms with Gasteiger partial charge in [0.2, 0.25) is 0 Å². The minimum absolute atomic E-state index is 0.0318. The predicted octanol–water partition coefficient (Wildman–Crippen LogP) is 3.04. The number of aromatic hydroxyl groups is 1. The van der Waals surface area contributed by atoms with E-state index in [1.165, 1.54) is 12.1 Å². The first-order valence-corrected chi connectivity index (χ1v) is 6.12. The molecule has 0 aromatic heterocycles. The number of rotatable bonds is 4. The molecule has 1 aromatic carbocycles. The molecule has 0 fully saturated rings. The van der Waals surface area contributed by atoms with Crippen LogP contribution in [0.1, 0.15) is 38.1 Å². The first kappa shape index (κ1) is 14.5. The monoisotopic (exact) mass is 253 g/mol. The van der Waals surface area contributed by atoms with E-state index in [0.29, 0.717) is 12.5 Å². The van der Waals surface area contributed by atoms with Crippen LogP contribution in [0.4, 0.5) is 4.39 Å². The minimum Gasteiger partial charge on any atom is -0.507 e. The number of phenols is 1. The van der Waals surface area contributed by atoms with Crippen LogP contribution in [0.5, 0.6) is 5.75 Å². The number of amides is 1. The number of hydrogen-bond acceptors (Lipinski definition) is 2. The van der Waals surface area contributed by atoms with Gasteiger partial charge in [0, 0.05) is 18.7 Å². The third kappa shape index (κ3) is 3.45. The fourth-order valence-electron chi connectivity index (χ4n) is 1.76. The number of phenolic OH excluding ortho intramolecular Hbond substituents is 1. The van der Waals surface area contributed by atoms with Crippen LogP contribution < -0.4 is 0 Å². The number of carbonyl (C=O) groups excluding carboxylic acids is 1. The van der Waals surface area contributed by atoms with E-state index < -0.39 is 5.82 Å². The van der Waals surface area contributed by atoms with Gasteiger partial charge in [-0.25, -0.2) is 4.39 Å². The lowest BCUT2D eigenvalue weighted by molar-refractivity contribution is 0.0679. The Morgan fingerprint density at radius 1 is 1.33 bits per heavy atom. The molecule has 18 heavy (non-hydrogen) atoms. The number of halogens is 1. The fraction of sp³-hybridized carbons (Fsp3) is 0.500. The van der Waals surface area contributed by atoms with Crippen LogP contribution in [0, 0.1) is 11.7 Å². The first-order chi connectivity index (χ1) is 8.32. The van der Waals surface area contributed by atoms with Crippen molar-refractivity contribution in [1.82, 2.24) is 4.90 Å². The molecular weight excluding hydrogens is 233 g/mol. The Balaban J connectivity index is 3.02. The van der Waals surface area contributed by atoms with E-state index in [4.69, 9.17) is 0 Å². The largest absolute Gasteiger partial charge is 0.507 e. The summed E-state index contributed by atoms with van der Waals surface area (Å²) < 4.78 is 12.9. The van der Waals surface area contributed by atoms with Crippen LogP contribution >= 0.6 is 0 Å². The Morgan fingerprint density at radius 2 is 1.94 bits per heavy atom. The molecule has 1 aromatic rings. The van der Waals surface area contributed by atoms with Crippen molar-refractivity contribution in [1.29, 1.82) is 0 Å². The minimum atomic E-state index is -0.552. The van der Waals surface area contributed by atoms with Crippen LogP contribution in [0.3, 0.4) is 0 Å². The van der Waals surface area contributed by atoms with Crippen LogP contribution in [0.25, 0.3) is 0 Å². The Hall–Kier alpha value is -1.58. The normalized spacial score (nSPS) is 11.1. The molecule has 0 bridgehead atoms. The molecular formula is C14H20FNO2. The van der Waals surface area contributed by atoms with Crippen molar-refractivity contribution in [3.8, 4) is 5.75 Å². The molecule has 0 saturated heterocycles. The summed E-state index contributed by atoms with van der Waals surface area (Å²) in [5.74, 6) is -0.798. The van der Waals surface area contributed by atoms with Gasteiger partial charge in [-0.1, -0.05) is 13.8 Å². The summed E-state index contributed by atoms with van der Waals surface area (Å²) in [6.45, 7) is 8.48. The van der Waals surface area contributed by atoms with Crippen LogP contribution in [0.2, 0.25) is 0 Å². The summed E-state index contributed by atoms with van der Waals surface area (Å²) in [4.78, 5) is 14.0. The number of hydrogen-bond donors (Lipinski definition) is 1. The molecule has 100 valence electrons. The summed E-state index contributed by atoms with van der Waals surface area (Å²) >= 11 is 0. The van der Waals surface area contributed by atoms with E-state index in [9.17, 15) is 14.3 Å². The van der Waals surface area contributed by atoms with Gasteiger partial charge >= 0.3 is 0 Å². The number of nitrogens with zero attached hydrogens (tertiary/aromatic N) is 1. The van der Waals surface area contributed by atoms with Crippen molar-refractivity contribution >= 4 is 5.91 Å². The van der Waals surface area contributed by atoms with Crippen molar-refractivity contribution in [3.63, 3.8) is 0 Å². The molecule has 0 aliphatic carbocycles. The van der Waals surface area contributed by atoms with Gasteiger partial charge < -0.3 is 10.0 Å². The Bertz CT molecular complexity index is 430. The third-order valence-corrected chi connectivity index (χ3v) is 2.64. The van der Waals surface area contributed by atoms with Crippen molar-refractivity contribution in [2.45, 2.75) is 33.7 Å². The summed E-state index contributed by atoms with van der Waals surface area (Å²) in [6, 6.07) is 3.49. The second kappa shape index (κ2) is 5.85. The predicted molar refractivity (Wildman–Crippen MR) is 69.1 cm³/mol. The summed E-state index contributed by atoms with van der Waals surface area (Å²) in [6.07, 6.45) is 0. The molecule has 3 nitrogen and oxygen atoms in total. The van der Waals surface area contributed by atoms with Gasteiger partial charge in [0.05, 0.1) is 5.56 Å². The molecule has 1 amide bonds. The molecule has 0 radical (unpaired) electrons. The summed E-state index contributed by atoms with van der Waals surface area (Å²) in [5.41, 5.74) is 0.144. The topological polar surface area (TPSA) is 40.5 Å². The van der Waals surface area contributed by atoms with Crippen molar-refractivity contribution in [3.05, 3.63) is 29.6 Å². The zero-order valence-electron chi connectivity index (χ0n) is 11.3. The molecule has 0 aliphatic rings. The van der Waals surface area contributed by atoms with E-state index in [1.807, 2.05) is 27.7 Å². The van der Waals surface area contributed by atoms with Crippen molar-refractivity contribution < 1.29 is 14.3 Å². The van der Waals surface area contributed by atoms with Gasteiger partial charge in [-0.05, 0) is 31.9 Å². The van der Waals surface area contributed by atoms with E-state index in [-0.39, 0.29) is 23.3 Å². The van der Waals surface area contributed by atoms with E-state index >= 15 is 0 Å². The highest BCUT2D eigenvalue weighted by Gasteiger charge is 2.22. The second-order valence-corrected chi connectivity index (χ2v) is 5.11. The molecule has 0 unspecified atom stereocenters. The fourth-order valence-corrected chi connectivity index (χ4v) is 1.76. The molecule has 0 aliphatic heterocycles. The number of carbonyl (C=O) groups is 1. The third-order valence-electron chi connectivity index (χ3n) is 2.64. The van der Waals surface area contributed by atoms with Crippen molar-refractivity contribution in [2.24, 2.45) is 5.92 Å². The highest BCUT2D eigenvalue weighted by atomic mass is 19.1. The molecule has 4 heteroatoms. The maximum absolute atomic E-state index is 12.9.